The normalized spacial score (nSPS) is 11.9. The molecule has 2 aromatic rings. The highest BCUT2D eigenvalue weighted by Gasteiger charge is 2.14. The Kier molecular flexibility index (Phi) is 4.31. The fraction of sp³-hybridized carbons (Fsp3) is 0.188. The number of aryl methyl sites for hydroxylation is 1. The summed E-state index contributed by atoms with van der Waals surface area (Å²) in [5.74, 6) is -0.145. The lowest BCUT2D eigenvalue weighted by molar-refractivity contribution is 0.0575. The molecule has 0 fully saturated rings. The maximum atomic E-state index is 12.1. The quantitative estimate of drug-likeness (QED) is 0.853. The molecule has 2 aromatic carbocycles. The lowest BCUT2D eigenvalue weighted by Gasteiger charge is -2.17. The molecule has 0 saturated carbocycles. The van der Waals surface area contributed by atoms with Crippen molar-refractivity contribution in [1.82, 2.24) is 5.32 Å². The average molecular weight is 255 g/mol. The minimum Gasteiger partial charge on any atom is -0.357 e. The standard InChI is InChI=1S/C16H17NO2/c1-12-8-10-14(11-9-12)16(19-2)17-15(18)13-6-4-3-5-7-13/h3-11,16H,1-2H3,(H,17,18). The molecule has 3 nitrogen and oxygen atoms in total. The molecule has 0 bridgehead atoms. The summed E-state index contributed by atoms with van der Waals surface area (Å²) >= 11 is 0. The van der Waals surface area contributed by atoms with E-state index in [0.717, 1.165) is 5.56 Å². The van der Waals surface area contributed by atoms with Crippen LogP contribution in [0.15, 0.2) is 54.6 Å². The van der Waals surface area contributed by atoms with Gasteiger partial charge < -0.3 is 10.1 Å². The Bertz CT molecular complexity index is 534. The summed E-state index contributed by atoms with van der Waals surface area (Å²) < 4.78 is 5.34. The van der Waals surface area contributed by atoms with Crippen molar-refractivity contribution in [3.63, 3.8) is 0 Å². The Morgan fingerprint density at radius 1 is 1.05 bits per heavy atom. The van der Waals surface area contributed by atoms with E-state index >= 15 is 0 Å². The van der Waals surface area contributed by atoms with Gasteiger partial charge in [0, 0.05) is 18.2 Å². The molecule has 0 aliphatic heterocycles. The fourth-order valence-corrected chi connectivity index (χ4v) is 1.81. The second kappa shape index (κ2) is 6.16. The SMILES string of the molecule is COC(NC(=O)c1ccccc1)c1ccc(C)cc1. The van der Waals surface area contributed by atoms with Crippen LogP contribution in [0.25, 0.3) is 0 Å². The van der Waals surface area contributed by atoms with Crippen LogP contribution in [0.4, 0.5) is 0 Å². The molecule has 1 atom stereocenters. The smallest absolute Gasteiger partial charge is 0.253 e. The third kappa shape index (κ3) is 3.42. The van der Waals surface area contributed by atoms with Crippen molar-refractivity contribution in [2.24, 2.45) is 0 Å². The molecule has 1 N–H and O–H groups in total. The summed E-state index contributed by atoms with van der Waals surface area (Å²) in [4.78, 5) is 12.1. The first-order chi connectivity index (χ1) is 9.20. The number of nitrogens with one attached hydrogen (secondary N) is 1. The van der Waals surface area contributed by atoms with Crippen molar-refractivity contribution in [3.8, 4) is 0 Å². The zero-order chi connectivity index (χ0) is 13.7. The van der Waals surface area contributed by atoms with Gasteiger partial charge in [0.2, 0.25) is 0 Å². The molecule has 3 heteroatoms. The Morgan fingerprint density at radius 2 is 1.68 bits per heavy atom. The molecule has 0 aliphatic carbocycles. The molecule has 19 heavy (non-hydrogen) atoms. The molecule has 98 valence electrons. The number of methoxy groups -OCH3 is 1. The number of hydrogen-bond donors (Lipinski definition) is 1. The zero-order valence-corrected chi connectivity index (χ0v) is 11.1. The predicted molar refractivity (Wildman–Crippen MR) is 74.8 cm³/mol. The fourth-order valence-electron chi connectivity index (χ4n) is 1.81. The second-order valence-electron chi connectivity index (χ2n) is 4.37. The van der Waals surface area contributed by atoms with Crippen LogP contribution in [0, 0.1) is 6.92 Å². The van der Waals surface area contributed by atoms with Crippen LogP contribution < -0.4 is 5.32 Å². The Morgan fingerprint density at radius 3 is 2.26 bits per heavy atom. The minimum absolute atomic E-state index is 0.145. The Labute approximate surface area is 113 Å². The van der Waals surface area contributed by atoms with E-state index in [4.69, 9.17) is 4.74 Å². The van der Waals surface area contributed by atoms with E-state index in [1.54, 1.807) is 19.2 Å². The van der Waals surface area contributed by atoms with Crippen LogP contribution in [-0.4, -0.2) is 13.0 Å². The molecule has 1 unspecified atom stereocenters. The highest BCUT2D eigenvalue weighted by atomic mass is 16.5. The van der Waals surface area contributed by atoms with Gasteiger partial charge in [-0.05, 0) is 19.1 Å². The third-order valence-electron chi connectivity index (χ3n) is 2.91. The minimum atomic E-state index is -0.437. The van der Waals surface area contributed by atoms with Gasteiger partial charge in [0.05, 0.1) is 0 Å². The maximum absolute atomic E-state index is 12.1. The van der Waals surface area contributed by atoms with Gasteiger partial charge in [0.25, 0.3) is 5.91 Å². The van der Waals surface area contributed by atoms with Crippen molar-refractivity contribution in [1.29, 1.82) is 0 Å². The van der Waals surface area contributed by atoms with E-state index in [-0.39, 0.29) is 5.91 Å². The van der Waals surface area contributed by atoms with Gasteiger partial charge in [-0.2, -0.15) is 0 Å². The third-order valence-corrected chi connectivity index (χ3v) is 2.91. The summed E-state index contributed by atoms with van der Waals surface area (Å²) in [5, 5.41) is 2.86. The topological polar surface area (TPSA) is 38.3 Å². The Balaban J connectivity index is 2.11. The van der Waals surface area contributed by atoms with Crippen LogP contribution in [-0.2, 0) is 4.74 Å². The van der Waals surface area contributed by atoms with Crippen molar-refractivity contribution in [2.45, 2.75) is 13.2 Å². The largest absolute Gasteiger partial charge is 0.357 e. The van der Waals surface area contributed by atoms with Crippen LogP contribution in [0.2, 0.25) is 0 Å². The lowest BCUT2D eigenvalue weighted by Crippen LogP contribution is -2.29. The number of hydrogen-bond acceptors (Lipinski definition) is 2. The molecule has 0 spiro atoms. The van der Waals surface area contributed by atoms with E-state index in [0.29, 0.717) is 5.56 Å². The van der Waals surface area contributed by atoms with E-state index in [2.05, 4.69) is 5.32 Å². The monoisotopic (exact) mass is 255 g/mol. The highest BCUT2D eigenvalue weighted by Crippen LogP contribution is 2.15. The molecule has 0 aromatic heterocycles. The average Bonchev–Trinajstić information content (AvgIpc) is 2.46. The summed E-state index contributed by atoms with van der Waals surface area (Å²) in [7, 11) is 1.58. The van der Waals surface area contributed by atoms with Crippen LogP contribution in [0.5, 0.6) is 0 Å². The number of rotatable bonds is 4. The summed E-state index contributed by atoms with van der Waals surface area (Å²) in [6, 6.07) is 17.0. The molecule has 2 rings (SSSR count). The number of carbonyl (C=O) groups is 1. The van der Waals surface area contributed by atoms with Crippen molar-refractivity contribution in [3.05, 3.63) is 71.3 Å². The van der Waals surface area contributed by atoms with E-state index in [1.165, 1.54) is 5.56 Å². The Hall–Kier alpha value is -2.13. The number of benzene rings is 2. The van der Waals surface area contributed by atoms with Crippen molar-refractivity contribution >= 4 is 5.91 Å². The van der Waals surface area contributed by atoms with E-state index < -0.39 is 6.23 Å². The molecule has 1 amide bonds. The van der Waals surface area contributed by atoms with Gasteiger partial charge in [-0.25, -0.2) is 0 Å². The molecule has 0 radical (unpaired) electrons. The summed E-state index contributed by atoms with van der Waals surface area (Å²) in [5.41, 5.74) is 2.72. The van der Waals surface area contributed by atoms with E-state index in [9.17, 15) is 4.79 Å². The van der Waals surface area contributed by atoms with Crippen LogP contribution in [0.1, 0.15) is 27.7 Å². The highest BCUT2D eigenvalue weighted by molar-refractivity contribution is 5.94. The first kappa shape index (κ1) is 13.3. The van der Waals surface area contributed by atoms with Gasteiger partial charge >= 0.3 is 0 Å². The zero-order valence-electron chi connectivity index (χ0n) is 11.1. The predicted octanol–water partition coefficient (Wildman–Crippen LogP) is 3.07. The second-order valence-corrected chi connectivity index (χ2v) is 4.37. The molecule has 0 aliphatic rings. The molecular weight excluding hydrogens is 238 g/mol. The first-order valence-corrected chi connectivity index (χ1v) is 6.16. The molecule has 0 saturated heterocycles. The van der Waals surface area contributed by atoms with Gasteiger partial charge in [-0.15, -0.1) is 0 Å². The van der Waals surface area contributed by atoms with Crippen molar-refractivity contribution in [2.75, 3.05) is 7.11 Å². The van der Waals surface area contributed by atoms with Crippen LogP contribution >= 0.6 is 0 Å². The van der Waals surface area contributed by atoms with Gasteiger partial charge in [-0.3, -0.25) is 4.79 Å². The number of ether oxygens (including phenoxy) is 1. The molecule has 0 heterocycles. The van der Waals surface area contributed by atoms with E-state index in [1.807, 2.05) is 49.4 Å². The number of amides is 1. The first-order valence-electron chi connectivity index (χ1n) is 6.16. The maximum Gasteiger partial charge on any atom is 0.253 e. The van der Waals surface area contributed by atoms with Gasteiger partial charge in [0.1, 0.15) is 0 Å². The van der Waals surface area contributed by atoms with Crippen molar-refractivity contribution < 1.29 is 9.53 Å². The summed E-state index contributed by atoms with van der Waals surface area (Å²) in [6.07, 6.45) is -0.437. The summed E-state index contributed by atoms with van der Waals surface area (Å²) in [6.45, 7) is 2.02. The van der Waals surface area contributed by atoms with Gasteiger partial charge in [0.15, 0.2) is 6.23 Å². The lowest BCUT2D eigenvalue weighted by atomic mass is 10.1. The van der Waals surface area contributed by atoms with Gasteiger partial charge in [-0.1, -0.05) is 48.0 Å². The molecular formula is C16H17NO2. The number of carbonyl (C=O) groups excluding carboxylic acids is 1. The van der Waals surface area contributed by atoms with Crippen LogP contribution in [0.3, 0.4) is 0 Å².